The van der Waals surface area contributed by atoms with Gasteiger partial charge in [-0.3, -0.25) is 9.59 Å². The summed E-state index contributed by atoms with van der Waals surface area (Å²) >= 11 is 5.41. The van der Waals surface area contributed by atoms with Crippen LogP contribution in [0.1, 0.15) is 22.8 Å². The summed E-state index contributed by atoms with van der Waals surface area (Å²) in [5.41, 5.74) is 1.90. The Hall–Kier alpha value is -3.00. The number of carbonyl (C=O) groups is 2. The van der Waals surface area contributed by atoms with Gasteiger partial charge in [0.1, 0.15) is 5.82 Å². The normalized spacial score (nSPS) is 15.0. The molecule has 0 bridgehead atoms. The second kappa shape index (κ2) is 7.93. The van der Waals surface area contributed by atoms with Crippen LogP contribution in [0.4, 0.5) is 15.8 Å². The van der Waals surface area contributed by atoms with Crippen LogP contribution in [-0.2, 0) is 11.2 Å². The molecule has 0 spiro atoms. The Morgan fingerprint density at radius 3 is 2.57 bits per heavy atom. The van der Waals surface area contributed by atoms with Crippen LogP contribution in [0.5, 0.6) is 11.5 Å². The molecule has 1 aliphatic carbocycles. The average molecular weight is 402 g/mol. The van der Waals surface area contributed by atoms with E-state index in [1.165, 1.54) is 33.3 Å². The van der Waals surface area contributed by atoms with Gasteiger partial charge in [0.25, 0.3) is 0 Å². The van der Waals surface area contributed by atoms with Crippen LogP contribution in [-0.4, -0.2) is 30.9 Å². The molecule has 0 fully saturated rings. The maximum atomic E-state index is 13.4. The molecule has 1 atom stereocenters. The monoisotopic (exact) mass is 402 g/mol. The number of hydrogen-bond acceptors (Lipinski definition) is 5. The molecule has 6 nitrogen and oxygen atoms in total. The predicted octanol–water partition coefficient (Wildman–Crippen LogP) is 3.60. The molecule has 28 heavy (non-hydrogen) atoms. The molecular weight excluding hydrogens is 383 g/mol. The highest BCUT2D eigenvalue weighted by Crippen LogP contribution is 2.45. The minimum atomic E-state index is -0.641. The van der Waals surface area contributed by atoms with E-state index >= 15 is 0 Å². The molecule has 0 saturated heterocycles. The van der Waals surface area contributed by atoms with Crippen LogP contribution < -0.4 is 20.1 Å². The summed E-state index contributed by atoms with van der Waals surface area (Å²) in [5.74, 6) is -0.868. The number of anilines is 2. The van der Waals surface area contributed by atoms with Gasteiger partial charge in [-0.15, -0.1) is 0 Å². The summed E-state index contributed by atoms with van der Waals surface area (Å²) in [6.45, 7) is 1.37. The Morgan fingerprint density at radius 2 is 1.96 bits per heavy atom. The first-order valence-electron chi connectivity index (χ1n) is 8.51. The van der Waals surface area contributed by atoms with E-state index in [-0.39, 0.29) is 23.1 Å². The molecule has 0 aliphatic heterocycles. The van der Waals surface area contributed by atoms with Crippen LogP contribution in [0.25, 0.3) is 0 Å². The van der Waals surface area contributed by atoms with Gasteiger partial charge in [0.15, 0.2) is 17.3 Å². The number of ketones is 1. The molecule has 0 aromatic heterocycles. The molecule has 2 aromatic carbocycles. The zero-order valence-electron chi connectivity index (χ0n) is 15.6. The third-order valence-corrected chi connectivity index (χ3v) is 4.86. The molecule has 1 aliphatic rings. The van der Waals surface area contributed by atoms with Gasteiger partial charge in [-0.2, -0.15) is 0 Å². The van der Waals surface area contributed by atoms with E-state index < -0.39 is 11.7 Å². The fraction of sp³-hybridized carbons (Fsp3) is 0.250. The number of fused-ring (bicyclic) bond motifs is 1. The topological polar surface area (TPSA) is 76.7 Å². The Labute approximate surface area is 167 Å². The van der Waals surface area contributed by atoms with Gasteiger partial charge in [-0.05, 0) is 36.2 Å². The van der Waals surface area contributed by atoms with Gasteiger partial charge in [-0.25, -0.2) is 4.39 Å². The molecule has 1 unspecified atom stereocenters. The summed E-state index contributed by atoms with van der Waals surface area (Å²) < 4.78 is 24.1. The van der Waals surface area contributed by atoms with Crippen LogP contribution in [0, 0.1) is 11.7 Å². The van der Waals surface area contributed by atoms with E-state index in [1.54, 1.807) is 18.2 Å². The summed E-state index contributed by atoms with van der Waals surface area (Å²) in [7, 11) is 2.91. The molecule has 2 N–H and O–H groups in total. The number of methoxy groups -OCH3 is 2. The van der Waals surface area contributed by atoms with Crippen molar-refractivity contribution < 1.29 is 23.5 Å². The van der Waals surface area contributed by atoms with Crippen molar-refractivity contribution in [2.24, 2.45) is 5.92 Å². The standard InChI is InChI=1S/C20H19FN2O4S/c1-10(24)22-17-13-8-15(20(28)23-12-6-4-5-11(21)7-12)18(25)14(13)9-16(26-2)19(17)27-3/h4-7,9,15H,8H2,1-3H3,(H,22,24)(H,23,28). The van der Waals surface area contributed by atoms with E-state index in [0.717, 1.165) is 0 Å². The zero-order valence-corrected chi connectivity index (χ0v) is 16.4. The number of hydrogen-bond donors (Lipinski definition) is 2. The highest BCUT2D eigenvalue weighted by atomic mass is 32.1. The first-order valence-corrected chi connectivity index (χ1v) is 8.92. The highest BCUT2D eigenvalue weighted by Gasteiger charge is 2.38. The fourth-order valence-electron chi connectivity index (χ4n) is 3.26. The lowest BCUT2D eigenvalue weighted by molar-refractivity contribution is -0.114. The second-order valence-electron chi connectivity index (χ2n) is 6.31. The second-order valence-corrected chi connectivity index (χ2v) is 6.75. The number of rotatable bonds is 5. The smallest absolute Gasteiger partial charge is 0.221 e. The summed E-state index contributed by atoms with van der Waals surface area (Å²) in [6, 6.07) is 7.43. The third-order valence-electron chi connectivity index (χ3n) is 4.48. The van der Waals surface area contributed by atoms with Crippen LogP contribution in [0.3, 0.4) is 0 Å². The minimum Gasteiger partial charge on any atom is -0.493 e. The Balaban J connectivity index is 1.97. The SMILES string of the molecule is COc1cc2c(c(NC(C)=O)c1OC)CC(C(=S)Nc1cccc(F)c1)C2=O. The largest absolute Gasteiger partial charge is 0.493 e. The van der Waals surface area contributed by atoms with Crippen molar-refractivity contribution in [2.75, 3.05) is 24.9 Å². The van der Waals surface area contributed by atoms with Crippen molar-refractivity contribution >= 4 is 40.3 Å². The number of carbonyl (C=O) groups excluding carboxylic acids is 2. The first kappa shape index (κ1) is 19.8. The maximum absolute atomic E-state index is 13.4. The molecule has 8 heteroatoms. The summed E-state index contributed by atoms with van der Waals surface area (Å²) in [6.07, 6.45) is 0.283. The van der Waals surface area contributed by atoms with Gasteiger partial charge in [-0.1, -0.05) is 18.3 Å². The van der Waals surface area contributed by atoms with Crippen LogP contribution in [0.2, 0.25) is 0 Å². The number of Topliss-reactive ketones (excluding diaryl/α,β-unsaturated/α-hetero) is 1. The minimum absolute atomic E-state index is 0.198. The number of benzene rings is 2. The quantitative estimate of drug-likeness (QED) is 0.745. The van der Waals surface area contributed by atoms with Crippen LogP contribution in [0.15, 0.2) is 30.3 Å². The van der Waals surface area contributed by atoms with E-state index in [4.69, 9.17) is 21.7 Å². The fourth-order valence-corrected chi connectivity index (χ4v) is 3.57. The Bertz CT molecular complexity index is 977. The molecule has 3 rings (SSSR count). The van der Waals surface area contributed by atoms with Gasteiger partial charge in [0.05, 0.1) is 30.8 Å². The van der Waals surface area contributed by atoms with Gasteiger partial charge in [0.2, 0.25) is 5.91 Å². The maximum Gasteiger partial charge on any atom is 0.221 e. The van der Waals surface area contributed by atoms with Gasteiger partial charge < -0.3 is 20.1 Å². The van der Waals surface area contributed by atoms with Crippen molar-refractivity contribution in [2.45, 2.75) is 13.3 Å². The Kier molecular flexibility index (Phi) is 5.60. The van der Waals surface area contributed by atoms with Gasteiger partial charge >= 0.3 is 0 Å². The number of halogens is 1. The lowest BCUT2D eigenvalue weighted by Crippen LogP contribution is -2.25. The van der Waals surface area contributed by atoms with E-state index in [9.17, 15) is 14.0 Å². The van der Waals surface area contributed by atoms with Crippen molar-refractivity contribution in [1.29, 1.82) is 0 Å². The third kappa shape index (κ3) is 3.68. The van der Waals surface area contributed by atoms with E-state index in [2.05, 4.69) is 10.6 Å². The lowest BCUT2D eigenvalue weighted by Gasteiger charge is -2.16. The lowest BCUT2D eigenvalue weighted by atomic mass is 10.0. The van der Waals surface area contributed by atoms with Crippen molar-refractivity contribution in [3.8, 4) is 11.5 Å². The van der Waals surface area contributed by atoms with Crippen molar-refractivity contribution in [3.63, 3.8) is 0 Å². The molecule has 146 valence electrons. The molecular formula is C20H19FN2O4S. The van der Waals surface area contributed by atoms with Gasteiger partial charge in [0, 0.05) is 18.2 Å². The number of nitrogens with one attached hydrogen (secondary N) is 2. The number of ether oxygens (including phenoxy) is 2. The molecule has 2 aromatic rings. The molecule has 0 saturated carbocycles. The molecule has 0 heterocycles. The Morgan fingerprint density at radius 1 is 1.21 bits per heavy atom. The molecule has 0 radical (unpaired) electrons. The van der Waals surface area contributed by atoms with Crippen LogP contribution >= 0.6 is 12.2 Å². The highest BCUT2D eigenvalue weighted by molar-refractivity contribution is 7.80. The molecule has 1 amide bonds. The summed E-state index contributed by atoms with van der Waals surface area (Å²) in [5, 5.41) is 5.66. The predicted molar refractivity (Wildman–Crippen MR) is 108 cm³/mol. The zero-order chi connectivity index (χ0) is 20.4. The average Bonchev–Trinajstić information content (AvgIpc) is 2.98. The van der Waals surface area contributed by atoms with Crippen molar-refractivity contribution in [1.82, 2.24) is 0 Å². The summed E-state index contributed by atoms with van der Waals surface area (Å²) in [4.78, 5) is 25.0. The number of amides is 1. The first-order chi connectivity index (χ1) is 13.3. The van der Waals surface area contributed by atoms with E-state index in [1.807, 2.05) is 0 Å². The van der Waals surface area contributed by atoms with Crippen molar-refractivity contribution in [3.05, 3.63) is 47.3 Å². The van der Waals surface area contributed by atoms with E-state index in [0.29, 0.717) is 34.0 Å². The number of thiocarbonyl (C=S) groups is 1.